The van der Waals surface area contributed by atoms with Crippen LogP contribution in [0.2, 0.25) is 0 Å². The first kappa shape index (κ1) is 17.7. The first-order valence-corrected chi connectivity index (χ1v) is 9.27. The van der Waals surface area contributed by atoms with E-state index in [4.69, 9.17) is 9.26 Å². The Morgan fingerprint density at radius 3 is 3.07 bits per heavy atom. The number of aromatic nitrogens is 4. The first-order chi connectivity index (χ1) is 13.3. The molecule has 3 heterocycles. The summed E-state index contributed by atoms with van der Waals surface area (Å²) in [6.07, 6.45) is 5.72. The lowest BCUT2D eigenvalue weighted by molar-refractivity contribution is -0.134. The average Bonchev–Trinajstić information content (AvgIpc) is 3.22. The Morgan fingerprint density at radius 2 is 2.19 bits per heavy atom. The molecule has 1 aromatic carbocycles. The van der Waals surface area contributed by atoms with Gasteiger partial charge in [-0.2, -0.15) is 10.1 Å². The molecule has 27 heavy (non-hydrogen) atoms. The molecule has 1 saturated heterocycles. The van der Waals surface area contributed by atoms with Gasteiger partial charge in [0.25, 0.3) is 5.89 Å². The van der Waals surface area contributed by atoms with Crippen molar-refractivity contribution in [2.45, 2.75) is 44.9 Å². The molecule has 142 valence electrons. The highest BCUT2D eigenvalue weighted by molar-refractivity contribution is 5.82. The van der Waals surface area contributed by atoms with Crippen LogP contribution in [0.4, 0.5) is 0 Å². The zero-order valence-electron chi connectivity index (χ0n) is 15.4. The second kappa shape index (κ2) is 7.87. The number of para-hydroxylation sites is 1. The van der Waals surface area contributed by atoms with E-state index in [0.29, 0.717) is 18.3 Å². The monoisotopic (exact) mass is 369 g/mol. The Hall–Kier alpha value is -2.74. The number of carbonyl (C=O) groups excluding carboxylic acids is 1. The standard InChI is InChI=1S/C19H23N5O3/c1-26-13-17-21-19(22-27-17)16-9-3-2-6-10-23(16)18(25)12-24-15-8-5-4-7-14(15)11-20-24/h4-5,7-8,11,16H,2-3,6,9-10,12-13H2,1H3/t16-/m1/s1. The van der Waals surface area contributed by atoms with Crippen LogP contribution in [0.5, 0.6) is 0 Å². The van der Waals surface area contributed by atoms with Crippen molar-refractivity contribution in [3.8, 4) is 0 Å². The molecule has 8 heteroatoms. The number of hydrogen-bond donors (Lipinski definition) is 0. The van der Waals surface area contributed by atoms with Crippen molar-refractivity contribution in [2.75, 3.05) is 13.7 Å². The van der Waals surface area contributed by atoms with Gasteiger partial charge < -0.3 is 14.2 Å². The summed E-state index contributed by atoms with van der Waals surface area (Å²) in [6.45, 7) is 1.16. The maximum atomic E-state index is 13.1. The molecular formula is C19H23N5O3. The van der Waals surface area contributed by atoms with Gasteiger partial charge in [-0.1, -0.05) is 36.2 Å². The van der Waals surface area contributed by atoms with E-state index in [-0.39, 0.29) is 25.1 Å². The number of ether oxygens (including phenoxy) is 1. The van der Waals surface area contributed by atoms with Gasteiger partial charge in [-0.25, -0.2) is 0 Å². The molecule has 2 aromatic heterocycles. The molecule has 1 amide bonds. The third-order valence-corrected chi connectivity index (χ3v) is 4.96. The molecule has 1 aliphatic heterocycles. The van der Waals surface area contributed by atoms with Crippen LogP contribution in [0.3, 0.4) is 0 Å². The molecule has 0 aliphatic carbocycles. The molecule has 0 unspecified atom stereocenters. The van der Waals surface area contributed by atoms with Gasteiger partial charge >= 0.3 is 0 Å². The lowest BCUT2D eigenvalue weighted by atomic mass is 10.1. The molecular weight excluding hydrogens is 346 g/mol. The van der Waals surface area contributed by atoms with Gasteiger partial charge in [0.1, 0.15) is 13.2 Å². The molecule has 1 aliphatic rings. The number of hydrogen-bond acceptors (Lipinski definition) is 6. The largest absolute Gasteiger partial charge is 0.375 e. The van der Waals surface area contributed by atoms with Gasteiger partial charge in [-0.05, 0) is 18.9 Å². The maximum absolute atomic E-state index is 13.1. The molecule has 0 bridgehead atoms. The van der Waals surface area contributed by atoms with Crippen molar-refractivity contribution in [1.29, 1.82) is 0 Å². The molecule has 1 atom stereocenters. The highest BCUT2D eigenvalue weighted by Gasteiger charge is 2.30. The van der Waals surface area contributed by atoms with E-state index in [9.17, 15) is 4.79 Å². The third-order valence-electron chi connectivity index (χ3n) is 4.96. The number of rotatable bonds is 5. The van der Waals surface area contributed by atoms with Crippen LogP contribution in [0.1, 0.15) is 43.4 Å². The van der Waals surface area contributed by atoms with Crippen LogP contribution < -0.4 is 0 Å². The summed E-state index contributed by atoms with van der Waals surface area (Å²) in [5, 5.41) is 9.51. The van der Waals surface area contributed by atoms with Crippen LogP contribution in [-0.2, 0) is 22.7 Å². The Morgan fingerprint density at radius 1 is 1.30 bits per heavy atom. The fourth-order valence-electron chi connectivity index (χ4n) is 3.63. The van der Waals surface area contributed by atoms with Crippen molar-refractivity contribution < 1.29 is 14.1 Å². The minimum atomic E-state index is -0.170. The van der Waals surface area contributed by atoms with Gasteiger partial charge in [-0.3, -0.25) is 9.48 Å². The Kier molecular flexibility index (Phi) is 5.15. The van der Waals surface area contributed by atoms with Crippen LogP contribution in [0, 0.1) is 0 Å². The van der Waals surface area contributed by atoms with E-state index in [1.807, 2.05) is 29.2 Å². The van der Waals surface area contributed by atoms with Crippen molar-refractivity contribution in [3.05, 3.63) is 42.2 Å². The van der Waals surface area contributed by atoms with Crippen molar-refractivity contribution in [1.82, 2.24) is 24.8 Å². The predicted molar refractivity (Wildman–Crippen MR) is 97.7 cm³/mol. The number of amides is 1. The van der Waals surface area contributed by atoms with Crippen molar-refractivity contribution >= 4 is 16.8 Å². The predicted octanol–water partition coefficient (Wildman–Crippen LogP) is 2.71. The van der Waals surface area contributed by atoms with E-state index in [0.717, 1.165) is 36.6 Å². The van der Waals surface area contributed by atoms with E-state index >= 15 is 0 Å². The van der Waals surface area contributed by atoms with E-state index in [1.165, 1.54) is 0 Å². The average molecular weight is 369 g/mol. The molecule has 0 spiro atoms. The topological polar surface area (TPSA) is 86.3 Å². The molecule has 4 rings (SSSR count). The third kappa shape index (κ3) is 3.71. The van der Waals surface area contributed by atoms with E-state index in [1.54, 1.807) is 18.0 Å². The fraction of sp³-hybridized carbons (Fsp3) is 0.474. The molecule has 3 aromatic rings. The maximum Gasteiger partial charge on any atom is 0.252 e. The minimum Gasteiger partial charge on any atom is -0.375 e. The number of methoxy groups -OCH3 is 1. The Bertz CT molecular complexity index is 919. The minimum absolute atomic E-state index is 0.0221. The van der Waals surface area contributed by atoms with Gasteiger partial charge in [0.05, 0.1) is 17.8 Å². The van der Waals surface area contributed by atoms with E-state index in [2.05, 4.69) is 15.2 Å². The second-order valence-corrected chi connectivity index (χ2v) is 6.79. The van der Waals surface area contributed by atoms with Crippen LogP contribution in [-0.4, -0.2) is 44.4 Å². The Balaban J connectivity index is 1.57. The number of likely N-dealkylation sites (tertiary alicyclic amines) is 1. The summed E-state index contributed by atoms with van der Waals surface area (Å²) in [6, 6.07) is 7.72. The van der Waals surface area contributed by atoms with Gasteiger partial charge in [-0.15, -0.1) is 0 Å². The Labute approximate surface area is 157 Å². The quantitative estimate of drug-likeness (QED) is 0.687. The van der Waals surface area contributed by atoms with Crippen LogP contribution in [0.15, 0.2) is 35.0 Å². The summed E-state index contributed by atoms with van der Waals surface area (Å²) in [5.74, 6) is 1.01. The summed E-state index contributed by atoms with van der Waals surface area (Å²) in [4.78, 5) is 19.4. The molecule has 0 radical (unpaired) electrons. The lowest BCUT2D eigenvalue weighted by Gasteiger charge is -2.28. The van der Waals surface area contributed by atoms with Crippen molar-refractivity contribution in [3.63, 3.8) is 0 Å². The summed E-state index contributed by atoms with van der Waals surface area (Å²) in [7, 11) is 1.58. The van der Waals surface area contributed by atoms with Crippen LogP contribution in [0.25, 0.3) is 10.9 Å². The molecule has 8 nitrogen and oxygen atoms in total. The molecule has 0 N–H and O–H groups in total. The SMILES string of the molecule is COCc1nc([C@H]2CCCCCN2C(=O)Cn2ncc3ccccc32)no1. The summed E-state index contributed by atoms with van der Waals surface area (Å²) < 4.78 is 12.1. The second-order valence-electron chi connectivity index (χ2n) is 6.79. The molecule has 0 saturated carbocycles. The zero-order chi connectivity index (χ0) is 18.6. The first-order valence-electron chi connectivity index (χ1n) is 9.27. The number of fused-ring (bicyclic) bond motifs is 1. The number of carbonyl (C=O) groups is 1. The smallest absolute Gasteiger partial charge is 0.252 e. The highest BCUT2D eigenvalue weighted by atomic mass is 16.5. The molecule has 1 fully saturated rings. The number of benzene rings is 1. The fourth-order valence-corrected chi connectivity index (χ4v) is 3.63. The zero-order valence-corrected chi connectivity index (χ0v) is 15.4. The van der Waals surface area contributed by atoms with Gasteiger partial charge in [0.2, 0.25) is 5.91 Å². The highest BCUT2D eigenvalue weighted by Crippen LogP contribution is 2.29. The number of nitrogens with zero attached hydrogens (tertiary/aromatic N) is 5. The summed E-state index contributed by atoms with van der Waals surface area (Å²) in [5.41, 5.74) is 0.958. The lowest BCUT2D eigenvalue weighted by Crippen LogP contribution is -2.37. The van der Waals surface area contributed by atoms with E-state index < -0.39 is 0 Å². The van der Waals surface area contributed by atoms with Gasteiger partial charge in [0, 0.05) is 19.0 Å². The van der Waals surface area contributed by atoms with Crippen molar-refractivity contribution in [2.24, 2.45) is 0 Å². The van der Waals surface area contributed by atoms with Crippen LogP contribution >= 0.6 is 0 Å². The normalized spacial score (nSPS) is 18.0. The van der Waals surface area contributed by atoms with Gasteiger partial charge in [0.15, 0.2) is 5.82 Å². The summed E-state index contributed by atoms with van der Waals surface area (Å²) >= 11 is 0.